The monoisotopic (exact) mass is 561 g/mol. The molecule has 11 heteroatoms. The Morgan fingerprint density at radius 3 is 2.42 bits per heavy atom. The van der Waals surface area contributed by atoms with Gasteiger partial charge < -0.3 is 19.8 Å². The van der Waals surface area contributed by atoms with Crippen molar-refractivity contribution in [1.82, 2.24) is 10.3 Å². The van der Waals surface area contributed by atoms with Crippen molar-refractivity contribution >= 4 is 33.5 Å². The molecule has 36 heavy (non-hydrogen) atoms. The van der Waals surface area contributed by atoms with Gasteiger partial charge in [0.1, 0.15) is 17.1 Å². The van der Waals surface area contributed by atoms with Gasteiger partial charge >= 0.3 is 5.97 Å². The number of nitrogens with one attached hydrogen (secondary N) is 2. The van der Waals surface area contributed by atoms with Crippen LogP contribution in [0.1, 0.15) is 40.3 Å². The van der Waals surface area contributed by atoms with Gasteiger partial charge in [0.2, 0.25) is 0 Å². The van der Waals surface area contributed by atoms with E-state index in [4.69, 9.17) is 9.47 Å². The van der Waals surface area contributed by atoms with Gasteiger partial charge in [0.05, 0.1) is 35.9 Å². The Balaban J connectivity index is 2.19. The maximum Gasteiger partial charge on any atom is 0.355 e. The second kappa shape index (κ2) is 10.5. The van der Waals surface area contributed by atoms with Crippen LogP contribution in [0.2, 0.25) is 0 Å². The summed E-state index contributed by atoms with van der Waals surface area (Å²) in [6.45, 7) is 4.25. The van der Waals surface area contributed by atoms with Gasteiger partial charge in [0.15, 0.2) is 0 Å². The Labute approximate surface area is 215 Å². The molecule has 190 valence electrons. The number of amides is 1. The molecule has 0 aliphatic carbocycles. The molecule has 0 atom stereocenters. The SMILES string of the molecule is COC(=O)c1[nH]c(Br)c(-c2ccc([N+](=O)[O-])cc2C)c1-c1ccc(C(=O)NCC(C)(C)F)c(OC)c1. The molecule has 0 unspecified atom stereocenters. The van der Waals surface area contributed by atoms with Gasteiger partial charge in [-0.2, -0.15) is 0 Å². The van der Waals surface area contributed by atoms with Crippen LogP contribution in [0.5, 0.6) is 5.75 Å². The third-order valence-corrected chi connectivity index (χ3v) is 6.03. The molecular formula is C25H25BrFN3O6. The quantitative estimate of drug-likeness (QED) is 0.209. The van der Waals surface area contributed by atoms with Crippen molar-refractivity contribution in [3.63, 3.8) is 0 Å². The van der Waals surface area contributed by atoms with Crippen molar-refractivity contribution < 1.29 is 28.4 Å². The van der Waals surface area contributed by atoms with E-state index in [1.165, 1.54) is 46.3 Å². The van der Waals surface area contributed by atoms with Gasteiger partial charge in [-0.15, -0.1) is 0 Å². The van der Waals surface area contributed by atoms with Crippen LogP contribution < -0.4 is 10.1 Å². The highest BCUT2D eigenvalue weighted by molar-refractivity contribution is 9.10. The van der Waals surface area contributed by atoms with E-state index in [2.05, 4.69) is 26.2 Å². The van der Waals surface area contributed by atoms with Crippen LogP contribution in [-0.2, 0) is 4.74 Å². The zero-order valence-electron chi connectivity index (χ0n) is 20.3. The van der Waals surface area contributed by atoms with Crippen LogP contribution in [-0.4, -0.2) is 48.2 Å². The maximum atomic E-state index is 13.9. The number of H-pyrrole nitrogens is 1. The number of aromatic nitrogens is 1. The number of non-ortho nitro benzene ring substituents is 1. The fourth-order valence-electron chi connectivity index (χ4n) is 3.73. The van der Waals surface area contributed by atoms with Gasteiger partial charge in [-0.3, -0.25) is 14.9 Å². The molecule has 0 fully saturated rings. The summed E-state index contributed by atoms with van der Waals surface area (Å²) in [6, 6.07) is 9.15. The Kier molecular flexibility index (Phi) is 7.83. The normalized spacial score (nSPS) is 11.2. The largest absolute Gasteiger partial charge is 0.496 e. The molecule has 3 rings (SSSR count). The average molecular weight is 562 g/mol. The van der Waals surface area contributed by atoms with E-state index in [0.29, 0.717) is 32.4 Å². The first-order valence-electron chi connectivity index (χ1n) is 10.8. The topological polar surface area (TPSA) is 124 Å². The van der Waals surface area contributed by atoms with E-state index < -0.39 is 22.5 Å². The minimum atomic E-state index is -1.59. The molecule has 1 aromatic heterocycles. The molecule has 2 N–H and O–H groups in total. The summed E-state index contributed by atoms with van der Waals surface area (Å²) in [4.78, 5) is 39.0. The van der Waals surface area contributed by atoms with Crippen molar-refractivity contribution in [2.75, 3.05) is 20.8 Å². The minimum absolute atomic E-state index is 0.0638. The molecule has 0 saturated carbocycles. The number of nitro benzene ring substituents is 1. The van der Waals surface area contributed by atoms with E-state index in [1.54, 1.807) is 25.1 Å². The zero-order valence-corrected chi connectivity index (χ0v) is 21.9. The molecule has 1 heterocycles. The van der Waals surface area contributed by atoms with Crippen molar-refractivity contribution in [1.29, 1.82) is 0 Å². The Morgan fingerprint density at radius 2 is 1.86 bits per heavy atom. The van der Waals surface area contributed by atoms with Gasteiger partial charge in [-0.05, 0) is 71.6 Å². The van der Waals surface area contributed by atoms with Crippen molar-refractivity contribution in [3.8, 4) is 28.0 Å². The smallest absolute Gasteiger partial charge is 0.355 e. The number of hydrogen-bond donors (Lipinski definition) is 2. The Morgan fingerprint density at radius 1 is 1.17 bits per heavy atom. The zero-order chi connectivity index (χ0) is 26.8. The van der Waals surface area contributed by atoms with Gasteiger partial charge in [0, 0.05) is 23.3 Å². The van der Waals surface area contributed by atoms with Crippen molar-refractivity contribution in [2.45, 2.75) is 26.4 Å². The lowest BCUT2D eigenvalue weighted by atomic mass is 9.93. The fourth-order valence-corrected chi connectivity index (χ4v) is 4.34. The van der Waals surface area contributed by atoms with E-state index in [9.17, 15) is 24.1 Å². The first kappa shape index (κ1) is 26.9. The fraction of sp³-hybridized carbons (Fsp3) is 0.280. The number of ether oxygens (including phenoxy) is 2. The number of benzene rings is 2. The van der Waals surface area contributed by atoms with Crippen molar-refractivity contribution in [3.05, 3.63) is 67.9 Å². The molecule has 9 nitrogen and oxygen atoms in total. The van der Waals surface area contributed by atoms with Crippen molar-refractivity contribution in [2.24, 2.45) is 0 Å². The number of carbonyl (C=O) groups excluding carboxylic acids is 2. The standard InChI is InChI=1S/C25H25BrFN3O6/c1-13-10-15(30(33)34)7-9-16(13)20-19(21(24(32)36-5)29-22(20)26)14-6-8-17(18(11-14)35-4)23(31)28-12-25(2,3)27/h6-11,29H,12H2,1-5H3,(H,28,31). The third kappa shape index (κ3) is 5.56. The molecule has 0 aliphatic heterocycles. The number of nitrogens with zero attached hydrogens (tertiary/aromatic N) is 1. The minimum Gasteiger partial charge on any atom is -0.496 e. The van der Waals surface area contributed by atoms with E-state index in [1.807, 2.05) is 0 Å². The predicted molar refractivity (Wildman–Crippen MR) is 136 cm³/mol. The highest BCUT2D eigenvalue weighted by atomic mass is 79.9. The highest BCUT2D eigenvalue weighted by Gasteiger charge is 2.27. The number of halogens is 2. The lowest BCUT2D eigenvalue weighted by Gasteiger charge is -2.17. The summed E-state index contributed by atoms with van der Waals surface area (Å²) in [5, 5.41) is 13.7. The van der Waals surface area contributed by atoms with Crippen LogP contribution in [0.25, 0.3) is 22.3 Å². The number of esters is 1. The summed E-state index contributed by atoms with van der Waals surface area (Å²) < 4.78 is 24.7. The number of nitro groups is 1. The molecule has 1 amide bonds. The van der Waals surface area contributed by atoms with Crippen LogP contribution in [0.4, 0.5) is 10.1 Å². The molecule has 0 radical (unpaired) electrons. The first-order chi connectivity index (χ1) is 16.9. The molecule has 0 spiro atoms. The van der Waals surface area contributed by atoms with E-state index >= 15 is 0 Å². The molecule has 0 bridgehead atoms. The second-order valence-electron chi connectivity index (χ2n) is 8.63. The molecule has 2 aromatic carbocycles. The van der Waals surface area contributed by atoms with Gasteiger partial charge in [-0.1, -0.05) is 6.07 Å². The summed E-state index contributed by atoms with van der Waals surface area (Å²) in [5.74, 6) is -0.942. The molecule has 0 saturated heterocycles. The summed E-state index contributed by atoms with van der Waals surface area (Å²) in [6.07, 6.45) is 0. The number of carbonyl (C=O) groups is 2. The first-order valence-corrected chi connectivity index (χ1v) is 11.6. The summed E-state index contributed by atoms with van der Waals surface area (Å²) in [5.41, 5.74) is 1.45. The lowest BCUT2D eigenvalue weighted by molar-refractivity contribution is -0.384. The van der Waals surface area contributed by atoms with Crippen LogP contribution in [0.15, 0.2) is 41.0 Å². The number of methoxy groups -OCH3 is 2. The summed E-state index contributed by atoms with van der Waals surface area (Å²) >= 11 is 3.47. The number of aryl methyl sites for hydroxylation is 1. The van der Waals surface area contributed by atoms with Crippen LogP contribution in [0, 0.1) is 17.0 Å². The number of hydrogen-bond acceptors (Lipinski definition) is 6. The predicted octanol–water partition coefficient (Wildman–Crippen LogP) is 5.60. The summed E-state index contributed by atoms with van der Waals surface area (Å²) in [7, 11) is 2.64. The van der Waals surface area contributed by atoms with E-state index in [-0.39, 0.29) is 29.2 Å². The number of aromatic amines is 1. The third-order valence-electron chi connectivity index (χ3n) is 5.44. The van der Waals surface area contributed by atoms with E-state index in [0.717, 1.165) is 0 Å². The van der Waals surface area contributed by atoms with Gasteiger partial charge in [-0.25, -0.2) is 9.18 Å². The number of rotatable bonds is 8. The Bertz CT molecular complexity index is 1350. The highest BCUT2D eigenvalue weighted by Crippen LogP contribution is 2.43. The molecule has 0 aliphatic rings. The average Bonchev–Trinajstić information content (AvgIpc) is 3.17. The number of alkyl halides is 1. The lowest BCUT2D eigenvalue weighted by Crippen LogP contribution is -2.35. The molecular weight excluding hydrogens is 537 g/mol. The van der Waals surface area contributed by atoms with Crippen LogP contribution >= 0.6 is 15.9 Å². The Hall–Kier alpha value is -3.73. The van der Waals surface area contributed by atoms with Gasteiger partial charge in [0.25, 0.3) is 11.6 Å². The molecule has 3 aromatic rings. The second-order valence-corrected chi connectivity index (χ2v) is 9.42. The van der Waals surface area contributed by atoms with Crippen LogP contribution in [0.3, 0.4) is 0 Å². The maximum absolute atomic E-state index is 13.9.